The molecule has 4 rings (SSSR count). The first kappa shape index (κ1) is 20.0. The van der Waals surface area contributed by atoms with E-state index in [2.05, 4.69) is 20.2 Å². The van der Waals surface area contributed by atoms with Gasteiger partial charge in [0.25, 0.3) is 10.0 Å². The molecular weight excluding hydrogens is 424 g/mol. The van der Waals surface area contributed by atoms with Gasteiger partial charge in [-0.15, -0.1) is 11.3 Å². The molecule has 2 aromatic heterocycles. The van der Waals surface area contributed by atoms with Crippen molar-refractivity contribution in [3.63, 3.8) is 0 Å². The molecule has 0 aliphatic heterocycles. The summed E-state index contributed by atoms with van der Waals surface area (Å²) in [7, 11) is -3.74. The fraction of sp³-hybridized carbons (Fsp3) is 0.150. The van der Waals surface area contributed by atoms with Crippen LogP contribution in [0.3, 0.4) is 0 Å². The average Bonchev–Trinajstić information content (AvgIpc) is 3.32. The summed E-state index contributed by atoms with van der Waals surface area (Å²) in [6.07, 6.45) is 1.56. The number of aryl methyl sites for hydroxylation is 2. The Morgan fingerprint density at radius 1 is 1.17 bits per heavy atom. The molecule has 0 spiro atoms. The van der Waals surface area contributed by atoms with Crippen molar-refractivity contribution >= 4 is 49.1 Å². The van der Waals surface area contributed by atoms with Gasteiger partial charge in [-0.2, -0.15) is 0 Å². The Labute approximate surface area is 177 Å². The number of thiazole rings is 1. The van der Waals surface area contributed by atoms with Crippen LogP contribution in [0.4, 0.5) is 10.8 Å². The van der Waals surface area contributed by atoms with E-state index in [0.29, 0.717) is 17.0 Å². The molecule has 10 heteroatoms. The lowest BCUT2D eigenvalue weighted by molar-refractivity contribution is -0.115. The second kappa shape index (κ2) is 7.88. The van der Waals surface area contributed by atoms with Gasteiger partial charge in [0.15, 0.2) is 10.7 Å². The zero-order valence-electron chi connectivity index (χ0n) is 16.2. The molecule has 0 fully saturated rings. The lowest BCUT2D eigenvalue weighted by Crippen LogP contribution is -2.15. The minimum absolute atomic E-state index is 0.0432. The van der Waals surface area contributed by atoms with E-state index < -0.39 is 10.0 Å². The zero-order valence-corrected chi connectivity index (χ0v) is 17.8. The van der Waals surface area contributed by atoms with Crippen molar-refractivity contribution in [3.8, 4) is 0 Å². The van der Waals surface area contributed by atoms with Gasteiger partial charge in [-0.05, 0) is 55.3 Å². The van der Waals surface area contributed by atoms with Crippen LogP contribution in [-0.2, 0) is 21.2 Å². The van der Waals surface area contributed by atoms with Crippen molar-refractivity contribution < 1.29 is 17.7 Å². The van der Waals surface area contributed by atoms with E-state index in [9.17, 15) is 13.2 Å². The molecule has 0 aliphatic carbocycles. The number of fused-ring (bicyclic) bond motifs is 1. The summed E-state index contributed by atoms with van der Waals surface area (Å²) in [5.41, 5.74) is 3.74. The van der Waals surface area contributed by atoms with Crippen LogP contribution < -0.4 is 10.0 Å². The fourth-order valence-electron chi connectivity index (χ4n) is 3.09. The topological polar surface area (TPSA) is 114 Å². The number of hydrogen-bond acceptors (Lipinski definition) is 7. The van der Waals surface area contributed by atoms with Crippen LogP contribution in [-0.4, -0.2) is 24.5 Å². The Morgan fingerprint density at radius 3 is 2.63 bits per heavy atom. The summed E-state index contributed by atoms with van der Waals surface area (Å²) in [5, 5.41) is 9.57. The van der Waals surface area contributed by atoms with E-state index in [0.717, 1.165) is 16.5 Å². The van der Waals surface area contributed by atoms with Gasteiger partial charge in [0.1, 0.15) is 5.69 Å². The maximum absolute atomic E-state index is 12.5. The van der Waals surface area contributed by atoms with Gasteiger partial charge in [-0.3, -0.25) is 9.52 Å². The van der Waals surface area contributed by atoms with Gasteiger partial charge in [0.05, 0.1) is 11.3 Å². The Kier molecular flexibility index (Phi) is 5.27. The third-order valence-electron chi connectivity index (χ3n) is 4.41. The zero-order chi connectivity index (χ0) is 21.3. The van der Waals surface area contributed by atoms with E-state index in [1.807, 2.05) is 26.0 Å². The number of nitrogens with zero attached hydrogens (tertiary/aromatic N) is 2. The lowest BCUT2D eigenvalue weighted by atomic mass is 10.1. The highest BCUT2D eigenvalue weighted by Crippen LogP contribution is 2.24. The van der Waals surface area contributed by atoms with E-state index in [-0.39, 0.29) is 22.4 Å². The van der Waals surface area contributed by atoms with Crippen molar-refractivity contribution in [3.05, 3.63) is 64.8 Å². The van der Waals surface area contributed by atoms with Gasteiger partial charge in [-0.1, -0.05) is 11.2 Å². The van der Waals surface area contributed by atoms with Crippen molar-refractivity contribution in [2.75, 3.05) is 10.0 Å². The molecule has 30 heavy (non-hydrogen) atoms. The van der Waals surface area contributed by atoms with Gasteiger partial charge in [0, 0.05) is 22.7 Å². The number of aromatic nitrogens is 2. The third-order valence-corrected chi connectivity index (χ3v) is 6.58. The Hall–Kier alpha value is -3.24. The van der Waals surface area contributed by atoms with Crippen LogP contribution in [0, 0.1) is 13.8 Å². The summed E-state index contributed by atoms with van der Waals surface area (Å²) in [6.45, 7) is 3.91. The Bertz CT molecular complexity index is 1310. The summed E-state index contributed by atoms with van der Waals surface area (Å²) in [6, 6.07) is 9.84. The van der Waals surface area contributed by atoms with Crippen molar-refractivity contribution in [2.45, 2.75) is 25.2 Å². The number of carbonyl (C=O) groups excluding carboxylic acids is 1. The molecule has 4 aromatic rings. The second-order valence-electron chi connectivity index (χ2n) is 6.78. The third kappa shape index (κ3) is 4.19. The van der Waals surface area contributed by atoms with Crippen molar-refractivity contribution in [1.29, 1.82) is 0 Å². The van der Waals surface area contributed by atoms with Crippen LogP contribution in [0.15, 0.2) is 57.4 Å². The first-order valence-electron chi connectivity index (χ1n) is 8.99. The molecule has 0 bridgehead atoms. The van der Waals surface area contributed by atoms with Gasteiger partial charge < -0.3 is 9.84 Å². The summed E-state index contributed by atoms with van der Waals surface area (Å²) in [5.74, 6) is -0.277. The van der Waals surface area contributed by atoms with E-state index in [1.54, 1.807) is 5.38 Å². The number of benzene rings is 2. The molecule has 2 heterocycles. The number of amides is 1. The summed E-state index contributed by atoms with van der Waals surface area (Å²) < 4.78 is 32.5. The monoisotopic (exact) mass is 442 g/mol. The Morgan fingerprint density at radius 2 is 1.93 bits per heavy atom. The number of hydrogen-bond donors (Lipinski definition) is 2. The van der Waals surface area contributed by atoms with Crippen LogP contribution in [0.2, 0.25) is 0 Å². The van der Waals surface area contributed by atoms with Crippen LogP contribution in [0.25, 0.3) is 11.0 Å². The number of nitrogens with one attached hydrogen (secondary N) is 2. The molecule has 0 atom stereocenters. The summed E-state index contributed by atoms with van der Waals surface area (Å²) in [4.78, 5) is 16.4. The highest BCUT2D eigenvalue weighted by Gasteiger charge is 2.17. The largest absolute Gasteiger partial charge is 0.356 e. The number of rotatable bonds is 6. The lowest BCUT2D eigenvalue weighted by Gasteiger charge is -2.07. The van der Waals surface area contributed by atoms with Gasteiger partial charge >= 0.3 is 0 Å². The molecule has 0 unspecified atom stereocenters. The van der Waals surface area contributed by atoms with Gasteiger partial charge in [-0.25, -0.2) is 13.4 Å². The predicted octanol–water partition coefficient (Wildman–Crippen LogP) is 3.88. The van der Waals surface area contributed by atoms with E-state index in [1.165, 1.54) is 41.8 Å². The van der Waals surface area contributed by atoms with Crippen LogP contribution in [0.1, 0.15) is 16.8 Å². The number of sulfonamides is 1. The molecule has 0 radical (unpaired) electrons. The Balaban J connectivity index is 1.45. The van der Waals surface area contributed by atoms with E-state index in [4.69, 9.17) is 4.52 Å². The van der Waals surface area contributed by atoms with Crippen LogP contribution >= 0.6 is 11.3 Å². The van der Waals surface area contributed by atoms with E-state index >= 15 is 0 Å². The number of carbonyl (C=O) groups is 1. The molecule has 1 amide bonds. The standard InChI is InChI=1S/C20H18N4O4S2/c1-12-9-13(2)19-16(10-12)17(23-28-19)11-18(25)22-14-3-5-15(6-4-14)30(26,27)24-20-21-7-8-29-20/h3-10H,11H2,1-2H3,(H,21,24)(H,22,25). The molecule has 2 N–H and O–H groups in total. The first-order valence-corrected chi connectivity index (χ1v) is 11.4. The fourth-order valence-corrected chi connectivity index (χ4v) is 4.88. The minimum Gasteiger partial charge on any atom is -0.356 e. The minimum atomic E-state index is -3.74. The molecule has 2 aromatic carbocycles. The van der Waals surface area contributed by atoms with Crippen molar-refractivity contribution in [1.82, 2.24) is 10.1 Å². The maximum atomic E-state index is 12.5. The highest BCUT2D eigenvalue weighted by molar-refractivity contribution is 7.93. The normalized spacial score (nSPS) is 11.5. The SMILES string of the molecule is Cc1cc(C)c2onc(CC(=O)Nc3ccc(S(=O)(=O)Nc4nccs4)cc3)c2c1. The number of anilines is 2. The quantitative estimate of drug-likeness (QED) is 0.468. The highest BCUT2D eigenvalue weighted by atomic mass is 32.2. The average molecular weight is 443 g/mol. The van der Waals surface area contributed by atoms with Crippen molar-refractivity contribution in [2.24, 2.45) is 0 Å². The maximum Gasteiger partial charge on any atom is 0.263 e. The summed E-state index contributed by atoms with van der Waals surface area (Å²) >= 11 is 1.19. The molecule has 154 valence electrons. The molecule has 8 nitrogen and oxygen atoms in total. The molecular formula is C20H18N4O4S2. The molecule has 0 saturated carbocycles. The smallest absolute Gasteiger partial charge is 0.263 e. The first-order chi connectivity index (χ1) is 14.3. The molecule has 0 saturated heterocycles. The predicted molar refractivity (Wildman–Crippen MR) is 115 cm³/mol. The van der Waals surface area contributed by atoms with Crippen LogP contribution in [0.5, 0.6) is 0 Å². The van der Waals surface area contributed by atoms with Gasteiger partial charge in [0.2, 0.25) is 5.91 Å². The second-order valence-corrected chi connectivity index (χ2v) is 9.36. The molecule has 0 aliphatic rings.